The van der Waals surface area contributed by atoms with Crippen LogP contribution in [0.4, 0.5) is 0 Å². The standard InChI is InChI=1S/C10H6BrClN2O3S/c11-5-3-14(10(17)13-9(5)16)4-6(15)7-1-2-8(12)18-7/h1-3H,4H2,(H,13,16,17). The van der Waals surface area contributed by atoms with Crippen LogP contribution in [0.2, 0.25) is 4.34 Å². The minimum absolute atomic E-state index is 0.148. The van der Waals surface area contributed by atoms with Gasteiger partial charge in [0, 0.05) is 6.20 Å². The highest BCUT2D eigenvalue weighted by atomic mass is 79.9. The molecule has 2 aromatic heterocycles. The molecule has 18 heavy (non-hydrogen) atoms. The number of halogens is 2. The average Bonchev–Trinajstić information content (AvgIpc) is 2.73. The van der Waals surface area contributed by atoms with Gasteiger partial charge in [0.05, 0.1) is 20.2 Å². The van der Waals surface area contributed by atoms with E-state index in [2.05, 4.69) is 20.9 Å². The van der Waals surface area contributed by atoms with E-state index in [-0.39, 0.29) is 16.8 Å². The molecule has 5 nitrogen and oxygen atoms in total. The summed E-state index contributed by atoms with van der Waals surface area (Å²) in [5.41, 5.74) is -1.15. The van der Waals surface area contributed by atoms with Gasteiger partial charge in [0.15, 0.2) is 5.78 Å². The maximum absolute atomic E-state index is 11.9. The van der Waals surface area contributed by atoms with Gasteiger partial charge in [-0.3, -0.25) is 19.1 Å². The third-order valence-corrected chi connectivity index (χ3v) is 3.97. The summed E-state index contributed by atoms with van der Waals surface area (Å²) in [4.78, 5) is 37.0. The van der Waals surface area contributed by atoms with Crippen molar-refractivity contribution in [2.45, 2.75) is 6.54 Å². The Hall–Kier alpha value is -1.18. The van der Waals surface area contributed by atoms with Crippen LogP contribution in [0.3, 0.4) is 0 Å². The Morgan fingerprint density at radius 1 is 1.44 bits per heavy atom. The highest BCUT2D eigenvalue weighted by molar-refractivity contribution is 9.10. The molecule has 0 aliphatic rings. The first-order chi connectivity index (χ1) is 8.47. The minimum atomic E-state index is -0.626. The molecule has 0 fully saturated rings. The van der Waals surface area contributed by atoms with Crippen LogP contribution in [0.15, 0.2) is 32.4 Å². The van der Waals surface area contributed by atoms with Crippen molar-refractivity contribution in [2.24, 2.45) is 0 Å². The molecule has 8 heteroatoms. The SMILES string of the molecule is O=C(Cn1cc(Br)c(=O)[nH]c1=O)c1ccc(Cl)s1. The summed E-state index contributed by atoms with van der Waals surface area (Å²) < 4.78 is 1.83. The minimum Gasteiger partial charge on any atom is -0.292 e. The molecular formula is C10H6BrClN2O3S. The highest BCUT2D eigenvalue weighted by Crippen LogP contribution is 2.21. The molecule has 2 aromatic rings. The van der Waals surface area contributed by atoms with Gasteiger partial charge in [0.25, 0.3) is 5.56 Å². The van der Waals surface area contributed by atoms with Crippen LogP contribution in [0, 0.1) is 0 Å². The molecule has 0 bridgehead atoms. The first-order valence-corrected chi connectivity index (χ1v) is 6.74. The van der Waals surface area contributed by atoms with Crippen LogP contribution < -0.4 is 11.2 Å². The zero-order valence-corrected chi connectivity index (χ0v) is 11.9. The molecule has 0 unspecified atom stereocenters. The van der Waals surface area contributed by atoms with Gasteiger partial charge >= 0.3 is 5.69 Å². The quantitative estimate of drug-likeness (QED) is 0.860. The van der Waals surface area contributed by atoms with Crippen LogP contribution in [0.1, 0.15) is 9.67 Å². The Morgan fingerprint density at radius 3 is 2.78 bits per heavy atom. The number of H-pyrrole nitrogens is 1. The predicted molar refractivity (Wildman–Crippen MR) is 72.7 cm³/mol. The molecule has 0 aliphatic carbocycles. The Morgan fingerprint density at radius 2 is 2.17 bits per heavy atom. The number of aromatic nitrogens is 2. The third kappa shape index (κ3) is 2.80. The molecule has 94 valence electrons. The van der Waals surface area contributed by atoms with Gasteiger partial charge in [-0.25, -0.2) is 4.79 Å². The van der Waals surface area contributed by atoms with Crippen molar-refractivity contribution in [3.8, 4) is 0 Å². The Balaban J connectivity index is 2.30. The van der Waals surface area contributed by atoms with Crippen molar-refractivity contribution in [2.75, 3.05) is 0 Å². The van der Waals surface area contributed by atoms with Crippen LogP contribution in [-0.2, 0) is 6.54 Å². The first kappa shape index (κ1) is 13.3. The number of hydrogen-bond acceptors (Lipinski definition) is 4. The van der Waals surface area contributed by atoms with E-state index in [9.17, 15) is 14.4 Å². The van der Waals surface area contributed by atoms with Crippen molar-refractivity contribution in [3.05, 3.63) is 52.9 Å². The van der Waals surface area contributed by atoms with E-state index in [0.717, 1.165) is 15.9 Å². The number of rotatable bonds is 3. The molecule has 1 N–H and O–H groups in total. The van der Waals surface area contributed by atoms with Crippen LogP contribution in [0.5, 0.6) is 0 Å². The van der Waals surface area contributed by atoms with Gasteiger partial charge < -0.3 is 0 Å². The number of nitrogens with zero attached hydrogens (tertiary/aromatic N) is 1. The fourth-order valence-corrected chi connectivity index (χ4v) is 2.62. The number of aromatic amines is 1. The molecule has 0 radical (unpaired) electrons. The number of thiophene rings is 1. The molecule has 2 heterocycles. The van der Waals surface area contributed by atoms with Crippen LogP contribution in [0.25, 0.3) is 0 Å². The van der Waals surface area contributed by atoms with E-state index in [1.807, 2.05) is 0 Å². The van der Waals surface area contributed by atoms with Crippen molar-refractivity contribution < 1.29 is 4.79 Å². The number of nitrogens with one attached hydrogen (secondary N) is 1. The van der Waals surface area contributed by atoms with E-state index in [0.29, 0.717) is 9.21 Å². The summed E-state index contributed by atoms with van der Waals surface area (Å²) in [6.45, 7) is -0.148. The van der Waals surface area contributed by atoms with Gasteiger partial charge in [-0.1, -0.05) is 11.6 Å². The van der Waals surface area contributed by atoms with E-state index in [1.165, 1.54) is 6.20 Å². The first-order valence-electron chi connectivity index (χ1n) is 4.75. The topological polar surface area (TPSA) is 71.9 Å². The van der Waals surface area contributed by atoms with Gasteiger partial charge in [-0.2, -0.15) is 0 Å². The van der Waals surface area contributed by atoms with E-state index in [1.54, 1.807) is 12.1 Å². The molecule has 0 spiro atoms. The number of carbonyl (C=O) groups is 1. The molecule has 2 rings (SSSR count). The second kappa shape index (κ2) is 5.21. The summed E-state index contributed by atoms with van der Waals surface area (Å²) in [5, 5.41) is 0. The molecule has 0 saturated heterocycles. The molecule has 0 aliphatic heterocycles. The van der Waals surface area contributed by atoms with Gasteiger partial charge in [0.2, 0.25) is 0 Å². The van der Waals surface area contributed by atoms with E-state index >= 15 is 0 Å². The zero-order chi connectivity index (χ0) is 13.3. The second-order valence-electron chi connectivity index (χ2n) is 3.39. The maximum atomic E-state index is 11.9. The highest BCUT2D eigenvalue weighted by Gasteiger charge is 2.11. The van der Waals surface area contributed by atoms with Crippen molar-refractivity contribution in [3.63, 3.8) is 0 Å². The van der Waals surface area contributed by atoms with Gasteiger partial charge in [0.1, 0.15) is 0 Å². The normalized spacial score (nSPS) is 10.6. The Bertz CT molecular complexity index is 718. The van der Waals surface area contributed by atoms with Crippen molar-refractivity contribution in [1.29, 1.82) is 0 Å². The summed E-state index contributed by atoms with van der Waals surface area (Å²) in [6.07, 6.45) is 1.29. The lowest BCUT2D eigenvalue weighted by molar-refractivity contribution is 0.0974. The smallest absolute Gasteiger partial charge is 0.292 e. The average molecular weight is 350 g/mol. The number of hydrogen-bond donors (Lipinski definition) is 1. The number of Topliss-reactive ketones (excluding diaryl/α,β-unsaturated/α-hetero) is 1. The molecule has 0 aromatic carbocycles. The lowest BCUT2D eigenvalue weighted by atomic mass is 10.3. The van der Waals surface area contributed by atoms with Gasteiger partial charge in [-0.05, 0) is 28.1 Å². The van der Waals surface area contributed by atoms with Gasteiger partial charge in [-0.15, -0.1) is 11.3 Å². The molecular weight excluding hydrogens is 344 g/mol. The summed E-state index contributed by atoms with van der Waals surface area (Å²) in [7, 11) is 0. The van der Waals surface area contributed by atoms with Crippen molar-refractivity contribution >= 4 is 44.7 Å². The molecule has 0 saturated carbocycles. The summed E-state index contributed by atoms with van der Waals surface area (Å²) >= 11 is 9.87. The van der Waals surface area contributed by atoms with Crippen molar-refractivity contribution in [1.82, 2.24) is 9.55 Å². The van der Waals surface area contributed by atoms with Crippen LogP contribution in [-0.4, -0.2) is 15.3 Å². The lowest BCUT2D eigenvalue weighted by Crippen LogP contribution is -2.31. The third-order valence-electron chi connectivity index (χ3n) is 2.13. The fourth-order valence-electron chi connectivity index (χ4n) is 1.30. The monoisotopic (exact) mass is 348 g/mol. The summed E-state index contributed by atoms with van der Waals surface area (Å²) in [5.74, 6) is -0.243. The van der Waals surface area contributed by atoms with E-state index in [4.69, 9.17) is 11.6 Å². The Labute approximate surface area is 118 Å². The molecule has 0 atom stereocenters. The van der Waals surface area contributed by atoms with E-state index < -0.39 is 11.2 Å². The maximum Gasteiger partial charge on any atom is 0.328 e. The second-order valence-corrected chi connectivity index (χ2v) is 5.96. The Kier molecular flexibility index (Phi) is 3.84. The molecule has 0 amide bonds. The summed E-state index contributed by atoms with van der Waals surface area (Å²) in [6, 6.07) is 3.21. The zero-order valence-electron chi connectivity index (χ0n) is 8.78. The fraction of sp³-hybridized carbons (Fsp3) is 0.100. The predicted octanol–water partition coefficient (Wildman–Crippen LogP) is 1.90. The lowest BCUT2D eigenvalue weighted by Gasteiger charge is -2.03. The number of carbonyl (C=O) groups excluding carboxylic acids is 1. The largest absolute Gasteiger partial charge is 0.328 e. The van der Waals surface area contributed by atoms with Crippen LogP contribution >= 0.6 is 38.9 Å². The number of ketones is 1.